The smallest absolute Gasteiger partial charge is 0.309 e. The Bertz CT molecular complexity index is 936. The SMILES string of the molecule is Cc1ccccc1-c1ccc(C(=O)c2ccc(CC(=O)O)n2C)cc1. The number of ketones is 1. The van der Waals surface area contributed by atoms with Crippen molar-refractivity contribution in [3.63, 3.8) is 0 Å². The highest BCUT2D eigenvalue weighted by Gasteiger charge is 2.16. The maximum absolute atomic E-state index is 12.7. The first-order valence-electron chi connectivity index (χ1n) is 8.04. The van der Waals surface area contributed by atoms with Crippen molar-refractivity contribution >= 4 is 11.8 Å². The van der Waals surface area contributed by atoms with Gasteiger partial charge in [0.2, 0.25) is 5.78 Å². The number of hydrogen-bond acceptors (Lipinski definition) is 2. The summed E-state index contributed by atoms with van der Waals surface area (Å²) in [6, 6.07) is 19.0. The zero-order valence-corrected chi connectivity index (χ0v) is 14.2. The molecule has 1 N–H and O–H groups in total. The van der Waals surface area contributed by atoms with Crippen LogP contribution in [0.2, 0.25) is 0 Å². The maximum Gasteiger partial charge on any atom is 0.309 e. The van der Waals surface area contributed by atoms with Crippen LogP contribution < -0.4 is 0 Å². The van der Waals surface area contributed by atoms with Crippen LogP contribution in [-0.2, 0) is 18.3 Å². The molecule has 2 aromatic carbocycles. The Kier molecular flexibility index (Phi) is 4.52. The summed E-state index contributed by atoms with van der Waals surface area (Å²) in [5.74, 6) is -1.03. The van der Waals surface area contributed by atoms with Gasteiger partial charge in [0, 0.05) is 18.3 Å². The van der Waals surface area contributed by atoms with Crippen molar-refractivity contribution < 1.29 is 14.7 Å². The van der Waals surface area contributed by atoms with E-state index in [0.717, 1.165) is 11.1 Å². The van der Waals surface area contributed by atoms with Gasteiger partial charge < -0.3 is 9.67 Å². The molecule has 0 aliphatic carbocycles. The molecule has 0 atom stereocenters. The number of nitrogens with zero attached hydrogens (tertiary/aromatic N) is 1. The average molecular weight is 333 g/mol. The molecule has 126 valence electrons. The van der Waals surface area contributed by atoms with Crippen molar-refractivity contribution in [3.8, 4) is 11.1 Å². The lowest BCUT2D eigenvalue weighted by atomic mass is 9.98. The fraction of sp³-hybridized carbons (Fsp3) is 0.143. The second-order valence-electron chi connectivity index (χ2n) is 6.06. The number of aliphatic carboxylic acids is 1. The number of carbonyl (C=O) groups is 2. The van der Waals surface area contributed by atoms with Crippen LogP contribution >= 0.6 is 0 Å². The van der Waals surface area contributed by atoms with E-state index >= 15 is 0 Å². The Labute approximate surface area is 146 Å². The summed E-state index contributed by atoms with van der Waals surface area (Å²) < 4.78 is 1.64. The van der Waals surface area contributed by atoms with E-state index in [1.165, 1.54) is 5.56 Å². The number of benzene rings is 2. The molecular formula is C21H19NO3. The molecular weight excluding hydrogens is 314 g/mol. The van der Waals surface area contributed by atoms with Crippen molar-refractivity contribution in [2.45, 2.75) is 13.3 Å². The minimum absolute atomic E-state index is 0.101. The van der Waals surface area contributed by atoms with Gasteiger partial charge in [0.05, 0.1) is 12.1 Å². The second kappa shape index (κ2) is 6.77. The third-order valence-electron chi connectivity index (χ3n) is 4.39. The standard InChI is InChI=1S/C21H19NO3/c1-14-5-3-4-6-18(14)15-7-9-16(10-8-15)21(25)19-12-11-17(22(19)2)13-20(23)24/h3-12H,13H2,1-2H3,(H,23,24). The highest BCUT2D eigenvalue weighted by molar-refractivity contribution is 6.08. The van der Waals surface area contributed by atoms with E-state index in [1.807, 2.05) is 36.4 Å². The lowest BCUT2D eigenvalue weighted by molar-refractivity contribution is -0.136. The third kappa shape index (κ3) is 3.38. The highest BCUT2D eigenvalue weighted by atomic mass is 16.4. The molecule has 0 saturated heterocycles. The van der Waals surface area contributed by atoms with Crippen LogP contribution in [-0.4, -0.2) is 21.4 Å². The van der Waals surface area contributed by atoms with Crippen LogP contribution in [0, 0.1) is 6.92 Å². The molecule has 0 amide bonds. The Morgan fingerprint density at radius 3 is 2.28 bits per heavy atom. The zero-order valence-electron chi connectivity index (χ0n) is 14.2. The van der Waals surface area contributed by atoms with E-state index in [2.05, 4.69) is 19.1 Å². The van der Waals surface area contributed by atoms with Crippen LogP contribution in [0.25, 0.3) is 11.1 Å². The Morgan fingerprint density at radius 1 is 0.960 bits per heavy atom. The topological polar surface area (TPSA) is 59.3 Å². The van der Waals surface area contributed by atoms with Crippen molar-refractivity contribution in [3.05, 3.63) is 83.2 Å². The summed E-state index contributed by atoms with van der Waals surface area (Å²) in [4.78, 5) is 23.6. The number of aromatic nitrogens is 1. The molecule has 0 fully saturated rings. The Morgan fingerprint density at radius 2 is 1.64 bits per heavy atom. The van der Waals surface area contributed by atoms with Gasteiger partial charge in [-0.05, 0) is 35.7 Å². The van der Waals surface area contributed by atoms with Gasteiger partial charge in [-0.1, -0.05) is 48.5 Å². The molecule has 0 radical (unpaired) electrons. The fourth-order valence-electron chi connectivity index (χ4n) is 2.96. The van der Waals surface area contributed by atoms with Gasteiger partial charge in [-0.3, -0.25) is 9.59 Å². The lowest BCUT2D eigenvalue weighted by Gasteiger charge is -2.08. The summed E-state index contributed by atoms with van der Waals surface area (Å²) in [6.45, 7) is 2.06. The molecule has 3 aromatic rings. The number of hydrogen-bond donors (Lipinski definition) is 1. The first-order chi connectivity index (χ1) is 12.0. The van der Waals surface area contributed by atoms with Crippen LogP contribution in [0.5, 0.6) is 0 Å². The predicted molar refractivity (Wildman–Crippen MR) is 96.8 cm³/mol. The number of carboxylic acids is 1. The van der Waals surface area contributed by atoms with E-state index < -0.39 is 5.97 Å². The Balaban J connectivity index is 1.88. The molecule has 0 aliphatic heterocycles. The van der Waals surface area contributed by atoms with E-state index in [0.29, 0.717) is 17.0 Å². The van der Waals surface area contributed by atoms with E-state index in [-0.39, 0.29) is 12.2 Å². The lowest BCUT2D eigenvalue weighted by Crippen LogP contribution is -2.11. The molecule has 3 rings (SSSR count). The molecule has 0 aliphatic rings. The fourth-order valence-corrected chi connectivity index (χ4v) is 2.96. The van der Waals surface area contributed by atoms with Gasteiger partial charge in [0.1, 0.15) is 0 Å². The van der Waals surface area contributed by atoms with Crippen LogP contribution in [0.15, 0.2) is 60.7 Å². The molecule has 4 heteroatoms. The maximum atomic E-state index is 12.7. The molecule has 0 unspecified atom stereocenters. The number of carboxylic acid groups (broad SMARTS) is 1. The first kappa shape index (κ1) is 16.7. The molecule has 0 bridgehead atoms. The highest BCUT2D eigenvalue weighted by Crippen LogP contribution is 2.24. The zero-order chi connectivity index (χ0) is 18.0. The molecule has 25 heavy (non-hydrogen) atoms. The molecule has 0 saturated carbocycles. The quantitative estimate of drug-likeness (QED) is 0.721. The summed E-state index contributed by atoms with van der Waals surface area (Å²) in [5, 5.41) is 8.92. The Hall–Kier alpha value is -3.14. The summed E-state index contributed by atoms with van der Waals surface area (Å²) in [7, 11) is 1.72. The second-order valence-corrected chi connectivity index (χ2v) is 6.06. The largest absolute Gasteiger partial charge is 0.481 e. The minimum atomic E-state index is -0.914. The minimum Gasteiger partial charge on any atom is -0.481 e. The third-order valence-corrected chi connectivity index (χ3v) is 4.39. The van der Waals surface area contributed by atoms with E-state index in [9.17, 15) is 9.59 Å². The molecule has 1 aromatic heterocycles. The molecule has 0 spiro atoms. The van der Waals surface area contributed by atoms with Crippen LogP contribution in [0.1, 0.15) is 27.3 Å². The van der Waals surface area contributed by atoms with Gasteiger partial charge in [0.25, 0.3) is 0 Å². The number of rotatable bonds is 5. The van der Waals surface area contributed by atoms with Gasteiger partial charge in [-0.2, -0.15) is 0 Å². The average Bonchev–Trinajstić information content (AvgIpc) is 2.95. The van der Waals surface area contributed by atoms with Crippen molar-refractivity contribution in [2.24, 2.45) is 7.05 Å². The van der Waals surface area contributed by atoms with Crippen LogP contribution in [0.4, 0.5) is 0 Å². The van der Waals surface area contributed by atoms with Crippen molar-refractivity contribution in [1.29, 1.82) is 0 Å². The van der Waals surface area contributed by atoms with E-state index in [4.69, 9.17) is 5.11 Å². The molecule has 1 heterocycles. The summed E-state index contributed by atoms with van der Waals surface area (Å²) in [5.41, 5.74) is 5.06. The van der Waals surface area contributed by atoms with Gasteiger partial charge in [-0.25, -0.2) is 0 Å². The summed E-state index contributed by atoms with van der Waals surface area (Å²) >= 11 is 0. The van der Waals surface area contributed by atoms with E-state index in [1.54, 1.807) is 23.7 Å². The van der Waals surface area contributed by atoms with Gasteiger partial charge in [-0.15, -0.1) is 0 Å². The number of carbonyl (C=O) groups excluding carboxylic acids is 1. The van der Waals surface area contributed by atoms with Gasteiger partial charge >= 0.3 is 5.97 Å². The van der Waals surface area contributed by atoms with Gasteiger partial charge in [0.15, 0.2) is 0 Å². The molecule has 4 nitrogen and oxygen atoms in total. The van der Waals surface area contributed by atoms with Crippen molar-refractivity contribution in [1.82, 2.24) is 4.57 Å². The first-order valence-corrected chi connectivity index (χ1v) is 8.04. The van der Waals surface area contributed by atoms with Crippen LogP contribution in [0.3, 0.4) is 0 Å². The monoisotopic (exact) mass is 333 g/mol. The van der Waals surface area contributed by atoms with Crippen molar-refractivity contribution in [2.75, 3.05) is 0 Å². The summed E-state index contributed by atoms with van der Waals surface area (Å²) in [6.07, 6.45) is -0.101. The number of aryl methyl sites for hydroxylation is 1. The normalized spacial score (nSPS) is 10.6. The predicted octanol–water partition coefficient (Wildman–Crippen LogP) is 3.86.